The fraction of sp³-hybridized carbons (Fsp3) is 0.235. The van der Waals surface area contributed by atoms with Crippen LogP contribution in [0.3, 0.4) is 0 Å². The molecule has 0 amide bonds. The lowest BCUT2D eigenvalue weighted by atomic mass is 10.0. The van der Waals surface area contributed by atoms with Crippen molar-refractivity contribution in [2.24, 2.45) is 0 Å². The third kappa shape index (κ3) is 7.47. The summed E-state index contributed by atoms with van der Waals surface area (Å²) >= 11 is 0. The van der Waals surface area contributed by atoms with E-state index in [0.29, 0.717) is 30.1 Å². The van der Waals surface area contributed by atoms with Gasteiger partial charge in [-0.1, -0.05) is 61.9 Å². The van der Waals surface area contributed by atoms with E-state index in [4.69, 9.17) is 14.2 Å². The summed E-state index contributed by atoms with van der Waals surface area (Å²) in [5.74, 6) is -1.71. The molecule has 40 heavy (non-hydrogen) atoms. The van der Waals surface area contributed by atoms with Crippen molar-refractivity contribution in [3.8, 4) is 39.5 Å². The van der Waals surface area contributed by atoms with Gasteiger partial charge in [-0.3, -0.25) is 0 Å². The van der Waals surface area contributed by atoms with Gasteiger partial charge in [0.2, 0.25) is 5.82 Å². The Morgan fingerprint density at radius 1 is 0.675 bits per heavy atom. The van der Waals surface area contributed by atoms with Crippen LogP contribution in [0.5, 0.6) is 17.2 Å². The molecule has 0 fully saturated rings. The molecular formula is C34H33F3O3. The Labute approximate surface area is 233 Å². The first-order valence-corrected chi connectivity index (χ1v) is 13.5. The molecule has 0 saturated carbocycles. The van der Waals surface area contributed by atoms with Gasteiger partial charge in [0.1, 0.15) is 12.4 Å². The number of halogens is 3. The van der Waals surface area contributed by atoms with Gasteiger partial charge < -0.3 is 14.2 Å². The summed E-state index contributed by atoms with van der Waals surface area (Å²) in [5.41, 5.74) is 2.96. The first-order chi connectivity index (χ1) is 19.5. The molecule has 4 rings (SSSR count). The van der Waals surface area contributed by atoms with E-state index in [0.717, 1.165) is 36.8 Å². The van der Waals surface area contributed by atoms with Crippen molar-refractivity contribution < 1.29 is 27.4 Å². The average Bonchev–Trinajstić information content (AvgIpc) is 2.98. The van der Waals surface area contributed by atoms with Gasteiger partial charge >= 0.3 is 0 Å². The average molecular weight is 547 g/mol. The summed E-state index contributed by atoms with van der Waals surface area (Å²) in [6, 6.07) is 22.0. The van der Waals surface area contributed by atoms with E-state index in [1.807, 2.05) is 12.1 Å². The Kier molecular flexibility index (Phi) is 10.3. The van der Waals surface area contributed by atoms with Gasteiger partial charge in [0.15, 0.2) is 23.1 Å². The Morgan fingerprint density at radius 3 is 2.05 bits per heavy atom. The van der Waals surface area contributed by atoms with Crippen LogP contribution in [0.25, 0.3) is 22.3 Å². The number of hydrogen-bond acceptors (Lipinski definition) is 3. The van der Waals surface area contributed by atoms with Crippen molar-refractivity contribution in [1.29, 1.82) is 0 Å². The molecule has 0 N–H and O–H groups in total. The van der Waals surface area contributed by atoms with Crippen LogP contribution in [0.15, 0.2) is 91.5 Å². The zero-order valence-corrected chi connectivity index (χ0v) is 22.6. The molecule has 0 saturated heterocycles. The van der Waals surface area contributed by atoms with Crippen molar-refractivity contribution in [1.82, 2.24) is 0 Å². The summed E-state index contributed by atoms with van der Waals surface area (Å²) in [4.78, 5) is 0. The van der Waals surface area contributed by atoms with Crippen LogP contribution >= 0.6 is 0 Å². The Balaban J connectivity index is 1.36. The molecule has 3 nitrogen and oxygen atoms in total. The SMILES string of the molecule is C=CCCCOc1ccc(-c2ccc(COc3ccc(-c4ccc(OCCCC)cc4)c(F)c3F)cc2)cc1F. The van der Waals surface area contributed by atoms with Crippen LogP contribution in [0.4, 0.5) is 13.2 Å². The number of benzene rings is 4. The molecule has 0 heterocycles. The molecule has 6 heteroatoms. The minimum atomic E-state index is -1.04. The van der Waals surface area contributed by atoms with Gasteiger partial charge in [-0.2, -0.15) is 4.39 Å². The number of ether oxygens (including phenoxy) is 3. The largest absolute Gasteiger partial charge is 0.494 e. The first-order valence-electron chi connectivity index (χ1n) is 13.5. The van der Waals surface area contributed by atoms with E-state index >= 15 is 0 Å². The number of allylic oxidation sites excluding steroid dienone is 1. The summed E-state index contributed by atoms with van der Waals surface area (Å²) in [6.07, 6.45) is 5.37. The van der Waals surface area contributed by atoms with Gasteiger partial charge in [-0.25, -0.2) is 8.78 Å². The first kappa shape index (κ1) is 28.8. The van der Waals surface area contributed by atoms with Crippen molar-refractivity contribution >= 4 is 0 Å². The predicted octanol–water partition coefficient (Wildman–Crippen LogP) is 9.54. The lowest BCUT2D eigenvalue weighted by Crippen LogP contribution is -2.00. The number of unbranched alkanes of at least 4 members (excludes halogenated alkanes) is 2. The maximum absolute atomic E-state index is 14.9. The van der Waals surface area contributed by atoms with E-state index in [9.17, 15) is 13.2 Å². The van der Waals surface area contributed by atoms with E-state index in [1.165, 1.54) is 18.2 Å². The molecule has 0 spiro atoms. The molecule has 208 valence electrons. The smallest absolute Gasteiger partial charge is 0.201 e. The molecule has 0 aliphatic rings. The summed E-state index contributed by atoms with van der Waals surface area (Å²) in [7, 11) is 0. The van der Waals surface area contributed by atoms with Crippen molar-refractivity contribution in [3.05, 3.63) is 115 Å². The minimum absolute atomic E-state index is 0.0473. The second-order valence-corrected chi connectivity index (χ2v) is 9.38. The van der Waals surface area contributed by atoms with Crippen LogP contribution in [0.2, 0.25) is 0 Å². The van der Waals surface area contributed by atoms with Gasteiger partial charge in [0.05, 0.1) is 13.2 Å². The quantitative estimate of drug-likeness (QED) is 0.116. The Morgan fingerprint density at radius 2 is 1.35 bits per heavy atom. The highest BCUT2D eigenvalue weighted by atomic mass is 19.2. The Bertz CT molecular complexity index is 1400. The van der Waals surface area contributed by atoms with Crippen molar-refractivity contribution in [2.45, 2.75) is 39.2 Å². The fourth-order valence-electron chi connectivity index (χ4n) is 4.09. The fourth-order valence-corrected chi connectivity index (χ4v) is 4.09. The number of rotatable bonds is 14. The highest BCUT2D eigenvalue weighted by molar-refractivity contribution is 5.66. The third-order valence-electron chi connectivity index (χ3n) is 6.40. The molecule has 4 aromatic rings. The topological polar surface area (TPSA) is 27.7 Å². The van der Waals surface area contributed by atoms with Crippen molar-refractivity contribution in [3.63, 3.8) is 0 Å². The second kappa shape index (κ2) is 14.3. The van der Waals surface area contributed by atoms with Crippen molar-refractivity contribution in [2.75, 3.05) is 13.2 Å². The summed E-state index contributed by atoms with van der Waals surface area (Å²) in [5, 5.41) is 0. The molecule has 0 unspecified atom stereocenters. The van der Waals surface area contributed by atoms with Crippen LogP contribution < -0.4 is 14.2 Å². The van der Waals surface area contributed by atoms with E-state index in [-0.39, 0.29) is 23.7 Å². The molecule has 0 aliphatic carbocycles. The maximum Gasteiger partial charge on any atom is 0.201 e. The highest BCUT2D eigenvalue weighted by Crippen LogP contribution is 2.32. The molecule has 0 aromatic heterocycles. The van der Waals surface area contributed by atoms with Gasteiger partial charge in [-0.15, -0.1) is 6.58 Å². The zero-order valence-electron chi connectivity index (χ0n) is 22.6. The van der Waals surface area contributed by atoms with Crippen LogP contribution in [0, 0.1) is 17.5 Å². The van der Waals surface area contributed by atoms with Crippen LogP contribution in [-0.2, 0) is 6.61 Å². The minimum Gasteiger partial charge on any atom is -0.494 e. The molecule has 0 atom stereocenters. The lowest BCUT2D eigenvalue weighted by Gasteiger charge is -2.12. The van der Waals surface area contributed by atoms with Crippen LogP contribution in [-0.4, -0.2) is 13.2 Å². The highest BCUT2D eigenvalue weighted by Gasteiger charge is 2.16. The third-order valence-corrected chi connectivity index (χ3v) is 6.40. The van der Waals surface area contributed by atoms with Gasteiger partial charge in [0, 0.05) is 5.56 Å². The second-order valence-electron chi connectivity index (χ2n) is 9.38. The zero-order chi connectivity index (χ0) is 28.3. The molecule has 0 bridgehead atoms. The summed E-state index contributed by atoms with van der Waals surface area (Å²) < 4.78 is 60.9. The van der Waals surface area contributed by atoms with Gasteiger partial charge in [-0.05, 0) is 77.9 Å². The molecule has 0 radical (unpaired) electrons. The van der Waals surface area contributed by atoms with E-state index in [2.05, 4.69) is 13.5 Å². The lowest BCUT2D eigenvalue weighted by molar-refractivity contribution is 0.285. The maximum atomic E-state index is 14.9. The molecule has 0 aliphatic heterocycles. The monoisotopic (exact) mass is 546 g/mol. The van der Waals surface area contributed by atoms with Crippen LogP contribution in [0.1, 0.15) is 38.2 Å². The van der Waals surface area contributed by atoms with E-state index < -0.39 is 17.5 Å². The summed E-state index contributed by atoms with van der Waals surface area (Å²) in [6.45, 7) is 6.83. The normalized spacial score (nSPS) is 10.8. The van der Waals surface area contributed by atoms with E-state index in [1.54, 1.807) is 54.6 Å². The predicted molar refractivity (Wildman–Crippen MR) is 153 cm³/mol. The molecular weight excluding hydrogens is 513 g/mol. The number of hydrogen-bond donors (Lipinski definition) is 0. The Hall–Kier alpha value is -4.19. The molecule has 4 aromatic carbocycles. The van der Waals surface area contributed by atoms with Gasteiger partial charge in [0.25, 0.3) is 0 Å². The standard InChI is InChI=1S/C34H33F3O3/c1-3-5-7-21-39-31-18-14-27(22-30(31)35)25-10-8-24(9-11-25)23-40-32-19-17-29(33(36)34(32)37)26-12-15-28(16-13-26)38-20-6-4-2/h3,8-19,22H,1,4-7,20-21,23H2,2H3.